The van der Waals surface area contributed by atoms with Crippen LogP contribution < -0.4 is 0 Å². The number of hydrogen-bond donors (Lipinski definition) is 0. The summed E-state index contributed by atoms with van der Waals surface area (Å²) in [6.45, 7) is 4.21. The summed E-state index contributed by atoms with van der Waals surface area (Å²) in [6.07, 6.45) is 2.20. The minimum Gasteiger partial charge on any atom is -0.292 e. The molecule has 0 spiro atoms. The Morgan fingerprint density at radius 1 is 1.47 bits per heavy atom. The Labute approximate surface area is 109 Å². The summed E-state index contributed by atoms with van der Waals surface area (Å²) in [5.74, 6) is 1.21. The maximum Gasteiger partial charge on any atom is 0.191 e. The molecular formula is C11H14N2O2S2. The van der Waals surface area contributed by atoms with E-state index in [0.717, 1.165) is 12.3 Å². The second-order valence-electron chi connectivity index (χ2n) is 3.21. The van der Waals surface area contributed by atoms with Crippen molar-refractivity contribution in [2.75, 3.05) is 12.3 Å². The lowest BCUT2D eigenvalue weighted by atomic mass is 10.3. The van der Waals surface area contributed by atoms with Crippen molar-refractivity contribution in [2.45, 2.75) is 20.3 Å². The van der Waals surface area contributed by atoms with Crippen LogP contribution in [0.15, 0.2) is 16.6 Å². The number of ketones is 2. The fourth-order valence-electron chi connectivity index (χ4n) is 1.06. The van der Waals surface area contributed by atoms with E-state index < -0.39 is 0 Å². The largest absolute Gasteiger partial charge is 0.292 e. The summed E-state index contributed by atoms with van der Waals surface area (Å²) in [4.78, 5) is 29.1. The summed E-state index contributed by atoms with van der Waals surface area (Å²) in [7, 11) is 0. The van der Waals surface area contributed by atoms with Crippen molar-refractivity contribution in [3.05, 3.63) is 16.6 Å². The topological polar surface area (TPSA) is 59.4 Å². The Morgan fingerprint density at radius 3 is 2.59 bits per heavy atom. The monoisotopic (exact) mass is 270 g/mol. The van der Waals surface area contributed by atoms with Gasteiger partial charge in [-0.2, -0.15) is 0 Å². The van der Waals surface area contributed by atoms with Crippen LogP contribution in [-0.2, 0) is 4.79 Å². The maximum atomic E-state index is 10.8. The van der Waals surface area contributed by atoms with Gasteiger partial charge < -0.3 is 0 Å². The summed E-state index contributed by atoms with van der Waals surface area (Å²) >= 11 is 2.95. The molecule has 0 aliphatic carbocycles. The highest BCUT2D eigenvalue weighted by Crippen LogP contribution is 2.11. The Bertz CT molecular complexity index is 413. The molecule has 4 nitrogen and oxygen atoms in total. The normalized spacial score (nSPS) is 13.6. The second-order valence-corrected chi connectivity index (χ2v) is 5.18. The molecule has 1 aliphatic heterocycles. The Morgan fingerprint density at radius 2 is 2.24 bits per heavy atom. The fourth-order valence-corrected chi connectivity index (χ4v) is 2.47. The number of nitrogens with zero attached hydrogens (tertiary/aromatic N) is 2. The summed E-state index contributed by atoms with van der Waals surface area (Å²) in [6, 6.07) is 0. The van der Waals surface area contributed by atoms with Crippen molar-refractivity contribution in [1.82, 2.24) is 4.98 Å². The second kappa shape index (κ2) is 7.34. The molecule has 0 unspecified atom stereocenters. The molecule has 1 aromatic heterocycles. The number of Topliss-reactive ketones (excluding diaryl/α,β-unsaturated/α-hetero) is 2. The SMILES string of the molecule is CC(=O)C1=NCCS1.CCC(=O)c1nccs1. The van der Waals surface area contributed by atoms with Crippen LogP contribution in [0.4, 0.5) is 0 Å². The maximum absolute atomic E-state index is 10.8. The molecule has 0 radical (unpaired) electrons. The van der Waals surface area contributed by atoms with Crippen molar-refractivity contribution in [2.24, 2.45) is 4.99 Å². The molecule has 17 heavy (non-hydrogen) atoms. The molecule has 0 aromatic carbocycles. The lowest BCUT2D eigenvalue weighted by Crippen LogP contribution is -2.00. The van der Waals surface area contributed by atoms with Crippen LogP contribution in [0, 0.1) is 0 Å². The van der Waals surface area contributed by atoms with Gasteiger partial charge in [-0.3, -0.25) is 14.6 Å². The van der Waals surface area contributed by atoms with E-state index in [4.69, 9.17) is 0 Å². The van der Waals surface area contributed by atoms with Gasteiger partial charge in [0.25, 0.3) is 0 Å². The van der Waals surface area contributed by atoms with Gasteiger partial charge in [-0.25, -0.2) is 4.98 Å². The molecule has 0 saturated heterocycles. The van der Waals surface area contributed by atoms with Gasteiger partial charge in [0.15, 0.2) is 16.6 Å². The summed E-state index contributed by atoms with van der Waals surface area (Å²) < 4.78 is 0. The molecule has 0 bridgehead atoms. The van der Waals surface area contributed by atoms with Crippen LogP contribution in [0.25, 0.3) is 0 Å². The molecule has 0 fully saturated rings. The van der Waals surface area contributed by atoms with Crippen LogP contribution in [0.1, 0.15) is 30.1 Å². The minimum absolute atomic E-state index is 0.104. The Kier molecular flexibility index (Phi) is 6.07. The van der Waals surface area contributed by atoms with Gasteiger partial charge in [-0.05, 0) is 0 Å². The average Bonchev–Trinajstić information content (AvgIpc) is 3.01. The number of thioether (sulfide) groups is 1. The molecular weight excluding hydrogens is 256 g/mol. The van der Waals surface area contributed by atoms with E-state index in [-0.39, 0.29) is 11.6 Å². The van der Waals surface area contributed by atoms with Crippen LogP contribution in [0.5, 0.6) is 0 Å². The molecule has 0 atom stereocenters. The standard InChI is InChI=1S/C6H7NOS.C5H7NOS/c1-2-5(8)6-7-3-4-9-6;1-4(7)5-6-2-3-8-5/h3-4H,2H2,1H3;2-3H2,1H3. The Balaban J connectivity index is 0.000000171. The molecule has 0 amide bonds. The highest BCUT2D eigenvalue weighted by atomic mass is 32.2. The van der Waals surface area contributed by atoms with Gasteiger partial charge in [0.05, 0.1) is 0 Å². The van der Waals surface area contributed by atoms with Crippen molar-refractivity contribution < 1.29 is 9.59 Å². The highest BCUT2D eigenvalue weighted by molar-refractivity contribution is 8.16. The van der Waals surface area contributed by atoms with Crippen LogP contribution in [-0.4, -0.2) is 33.9 Å². The molecule has 0 saturated carbocycles. The summed E-state index contributed by atoms with van der Waals surface area (Å²) in [5, 5.41) is 3.13. The van der Waals surface area contributed by atoms with Gasteiger partial charge in [-0.15, -0.1) is 23.1 Å². The van der Waals surface area contributed by atoms with E-state index in [2.05, 4.69) is 9.98 Å². The molecule has 2 heterocycles. The smallest absolute Gasteiger partial charge is 0.191 e. The van der Waals surface area contributed by atoms with E-state index in [0.29, 0.717) is 16.5 Å². The molecule has 6 heteroatoms. The van der Waals surface area contributed by atoms with E-state index in [1.807, 2.05) is 12.3 Å². The molecule has 0 N–H and O–H groups in total. The number of aromatic nitrogens is 1. The predicted molar refractivity (Wildman–Crippen MR) is 72.2 cm³/mol. The zero-order chi connectivity index (χ0) is 12.7. The number of hydrogen-bond acceptors (Lipinski definition) is 6. The third-order valence-corrected chi connectivity index (χ3v) is 3.77. The number of rotatable bonds is 3. The lowest BCUT2D eigenvalue weighted by molar-refractivity contribution is -0.110. The van der Waals surface area contributed by atoms with Gasteiger partial charge in [0.1, 0.15) is 5.04 Å². The third-order valence-electron chi connectivity index (χ3n) is 1.88. The predicted octanol–water partition coefficient (Wildman–Crippen LogP) is 2.46. The molecule has 1 aromatic rings. The van der Waals surface area contributed by atoms with Gasteiger partial charge in [-0.1, -0.05) is 6.92 Å². The highest BCUT2D eigenvalue weighted by Gasteiger charge is 2.09. The first kappa shape index (κ1) is 14.1. The zero-order valence-electron chi connectivity index (χ0n) is 9.80. The summed E-state index contributed by atoms with van der Waals surface area (Å²) in [5.41, 5.74) is 0. The quantitative estimate of drug-likeness (QED) is 0.792. The third kappa shape index (κ3) is 4.79. The zero-order valence-corrected chi connectivity index (χ0v) is 11.4. The van der Waals surface area contributed by atoms with Crippen molar-refractivity contribution in [3.8, 4) is 0 Å². The van der Waals surface area contributed by atoms with Gasteiger partial charge >= 0.3 is 0 Å². The van der Waals surface area contributed by atoms with E-state index >= 15 is 0 Å². The molecule has 1 aliphatic rings. The first-order valence-corrected chi connectivity index (χ1v) is 7.12. The van der Waals surface area contributed by atoms with Crippen molar-refractivity contribution in [1.29, 1.82) is 0 Å². The van der Waals surface area contributed by atoms with Crippen molar-refractivity contribution >= 4 is 39.7 Å². The minimum atomic E-state index is 0.104. The van der Waals surface area contributed by atoms with E-state index in [1.165, 1.54) is 11.3 Å². The van der Waals surface area contributed by atoms with E-state index in [1.54, 1.807) is 24.9 Å². The lowest BCUT2D eigenvalue weighted by Gasteiger charge is -1.85. The van der Waals surface area contributed by atoms with Crippen LogP contribution in [0.3, 0.4) is 0 Å². The van der Waals surface area contributed by atoms with Gasteiger partial charge in [0.2, 0.25) is 0 Å². The molecule has 2 rings (SSSR count). The number of aliphatic imine (C=N–C) groups is 1. The van der Waals surface area contributed by atoms with Crippen LogP contribution >= 0.6 is 23.1 Å². The van der Waals surface area contributed by atoms with E-state index in [9.17, 15) is 9.59 Å². The fraction of sp³-hybridized carbons (Fsp3) is 0.455. The first-order valence-electron chi connectivity index (χ1n) is 5.26. The van der Waals surface area contributed by atoms with Crippen molar-refractivity contribution in [3.63, 3.8) is 0 Å². The first-order chi connectivity index (χ1) is 8.15. The number of carbonyl (C=O) groups is 2. The van der Waals surface area contributed by atoms with Gasteiger partial charge in [0, 0.05) is 37.2 Å². The number of carbonyl (C=O) groups excluding carboxylic acids is 2. The Hall–Kier alpha value is -1.01. The number of thiazole rings is 1. The average molecular weight is 270 g/mol. The molecule has 92 valence electrons. The van der Waals surface area contributed by atoms with Crippen LogP contribution in [0.2, 0.25) is 0 Å².